The Bertz CT molecular complexity index is 871. The second-order valence-corrected chi connectivity index (χ2v) is 5.82. The Labute approximate surface area is 118 Å². The quantitative estimate of drug-likeness (QED) is 0.462. The van der Waals surface area contributed by atoms with Gasteiger partial charge in [0.15, 0.2) is 0 Å². The zero-order chi connectivity index (χ0) is 14.0. The van der Waals surface area contributed by atoms with E-state index in [9.17, 15) is 0 Å². The minimum atomic E-state index is 0.975. The summed E-state index contributed by atoms with van der Waals surface area (Å²) in [6, 6.07) is 4.24. The SMILES string of the molecule is Cc1cnc2c(c1C)Cc1c-2ccc2oc(C)c(C)c12. The number of pyridine rings is 1. The predicted octanol–water partition coefficient (Wildman–Crippen LogP) is 4.63. The molecule has 0 spiro atoms. The van der Waals surface area contributed by atoms with E-state index in [1.807, 2.05) is 13.1 Å². The number of aromatic nitrogens is 1. The van der Waals surface area contributed by atoms with Gasteiger partial charge >= 0.3 is 0 Å². The second kappa shape index (κ2) is 3.72. The highest BCUT2D eigenvalue weighted by molar-refractivity contribution is 5.94. The van der Waals surface area contributed by atoms with Crippen LogP contribution in [-0.4, -0.2) is 4.98 Å². The first-order chi connectivity index (χ1) is 9.58. The van der Waals surface area contributed by atoms with Crippen LogP contribution in [0.15, 0.2) is 22.7 Å². The van der Waals surface area contributed by atoms with Crippen LogP contribution in [0, 0.1) is 27.7 Å². The summed E-state index contributed by atoms with van der Waals surface area (Å²) in [4.78, 5) is 4.67. The van der Waals surface area contributed by atoms with Crippen molar-refractivity contribution in [2.75, 3.05) is 0 Å². The van der Waals surface area contributed by atoms with Crippen molar-refractivity contribution in [2.45, 2.75) is 34.1 Å². The second-order valence-electron chi connectivity index (χ2n) is 5.82. The first-order valence-electron chi connectivity index (χ1n) is 7.05. The summed E-state index contributed by atoms with van der Waals surface area (Å²) in [5, 5.41) is 1.29. The highest BCUT2D eigenvalue weighted by Crippen LogP contribution is 2.42. The normalized spacial score (nSPS) is 12.8. The maximum Gasteiger partial charge on any atom is 0.134 e. The van der Waals surface area contributed by atoms with E-state index in [1.165, 1.54) is 38.8 Å². The van der Waals surface area contributed by atoms with Crippen molar-refractivity contribution in [2.24, 2.45) is 0 Å². The zero-order valence-corrected chi connectivity index (χ0v) is 12.3. The molecule has 0 fully saturated rings. The minimum Gasteiger partial charge on any atom is -0.461 e. The molecule has 0 bridgehead atoms. The Morgan fingerprint density at radius 2 is 1.80 bits per heavy atom. The fourth-order valence-corrected chi connectivity index (χ4v) is 3.32. The summed E-state index contributed by atoms with van der Waals surface area (Å²) in [6.07, 6.45) is 2.96. The largest absolute Gasteiger partial charge is 0.461 e. The number of rotatable bonds is 0. The van der Waals surface area contributed by atoms with Gasteiger partial charge in [0.25, 0.3) is 0 Å². The van der Waals surface area contributed by atoms with Gasteiger partial charge in [-0.2, -0.15) is 0 Å². The van der Waals surface area contributed by atoms with Crippen LogP contribution in [0.5, 0.6) is 0 Å². The van der Waals surface area contributed by atoms with Gasteiger partial charge in [0.1, 0.15) is 11.3 Å². The molecule has 2 nitrogen and oxygen atoms in total. The Hall–Kier alpha value is -2.09. The molecule has 1 aromatic carbocycles. The van der Waals surface area contributed by atoms with E-state index in [2.05, 4.69) is 37.9 Å². The molecule has 0 saturated carbocycles. The van der Waals surface area contributed by atoms with E-state index in [0.29, 0.717) is 0 Å². The van der Waals surface area contributed by atoms with Crippen LogP contribution >= 0.6 is 0 Å². The first kappa shape index (κ1) is 11.7. The number of benzene rings is 1. The number of nitrogens with zero attached hydrogens (tertiary/aromatic N) is 1. The number of fused-ring (bicyclic) bond motifs is 5. The monoisotopic (exact) mass is 263 g/mol. The summed E-state index contributed by atoms with van der Waals surface area (Å²) < 4.78 is 5.86. The molecule has 20 heavy (non-hydrogen) atoms. The van der Waals surface area contributed by atoms with Crippen LogP contribution in [0.2, 0.25) is 0 Å². The molecule has 0 atom stereocenters. The molecule has 2 aromatic heterocycles. The molecule has 0 aliphatic heterocycles. The van der Waals surface area contributed by atoms with Gasteiger partial charge in [-0.3, -0.25) is 4.98 Å². The summed E-state index contributed by atoms with van der Waals surface area (Å²) in [5.41, 5.74) is 10.1. The van der Waals surface area contributed by atoms with E-state index in [4.69, 9.17) is 4.42 Å². The van der Waals surface area contributed by atoms with Crippen LogP contribution in [0.4, 0.5) is 0 Å². The molecule has 0 radical (unpaired) electrons. The number of furan rings is 1. The molecule has 0 amide bonds. The minimum absolute atomic E-state index is 0.975. The van der Waals surface area contributed by atoms with Gasteiger partial charge < -0.3 is 4.42 Å². The summed E-state index contributed by atoms with van der Waals surface area (Å²) in [6.45, 7) is 8.52. The fourth-order valence-electron chi connectivity index (χ4n) is 3.32. The molecule has 100 valence electrons. The van der Waals surface area contributed by atoms with Crippen LogP contribution in [0.3, 0.4) is 0 Å². The Morgan fingerprint density at radius 1 is 1.00 bits per heavy atom. The third kappa shape index (κ3) is 1.31. The molecule has 3 aromatic rings. The predicted molar refractivity (Wildman–Crippen MR) is 81.2 cm³/mol. The average Bonchev–Trinajstić information content (AvgIpc) is 2.93. The van der Waals surface area contributed by atoms with E-state index in [-0.39, 0.29) is 0 Å². The van der Waals surface area contributed by atoms with Crippen molar-refractivity contribution in [1.29, 1.82) is 0 Å². The van der Waals surface area contributed by atoms with E-state index < -0.39 is 0 Å². The molecular weight excluding hydrogens is 246 g/mol. The van der Waals surface area contributed by atoms with Crippen molar-refractivity contribution >= 4 is 11.0 Å². The van der Waals surface area contributed by atoms with Gasteiger partial charge in [-0.05, 0) is 67.6 Å². The van der Waals surface area contributed by atoms with Crippen molar-refractivity contribution in [3.05, 3.63) is 51.9 Å². The van der Waals surface area contributed by atoms with Gasteiger partial charge in [0.2, 0.25) is 0 Å². The molecule has 2 heterocycles. The van der Waals surface area contributed by atoms with E-state index >= 15 is 0 Å². The molecular formula is C18H17NO. The van der Waals surface area contributed by atoms with E-state index in [0.717, 1.165) is 23.5 Å². The molecule has 2 heteroatoms. The number of hydrogen-bond donors (Lipinski definition) is 0. The maximum atomic E-state index is 5.86. The number of hydrogen-bond acceptors (Lipinski definition) is 2. The fraction of sp³-hybridized carbons (Fsp3) is 0.278. The Balaban J connectivity index is 2.09. The lowest BCUT2D eigenvalue weighted by molar-refractivity contribution is 0.575. The molecule has 0 N–H and O–H groups in total. The lowest BCUT2D eigenvalue weighted by Crippen LogP contribution is -1.92. The zero-order valence-electron chi connectivity index (χ0n) is 12.3. The molecule has 0 unspecified atom stereocenters. The molecule has 1 aliphatic rings. The van der Waals surface area contributed by atoms with Gasteiger partial charge in [0, 0.05) is 23.6 Å². The highest BCUT2D eigenvalue weighted by atomic mass is 16.3. The van der Waals surface area contributed by atoms with Crippen molar-refractivity contribution < 1.29 is 4.42 Å². The average molecular weight is 263 g/mol. The number of aryl methyl sites for hydroxylation is 3. The first-order valence-corrected chi connectivity index (χ1v) is 7.05. The van der Waals surface area contributed by atoms with Gasteiger partial charge in [-0.25, -0.2) is 0 Å². The summed E-state index contributed by atoms with van der Waals surface area (Å²) >= 11 is 0. The Morgan fingerprint density at radius 3 is 2.60 bits per heavy atom. The van der Waals surface area contributed by atoms with Gasteiger partial charge in [-0.15, -0.1) is 0 Å². The third-order valence-electron chi connectivity index (χ3n) is 4.77. The standard InChI is InChI=1S/C18H17NO/c1-9-8-19-18-13-5-6-16-17(11(3)12(4)20-16)15(13)7-14(18)10(9)2/h5-6,8H,7H2,1-4H3. The van der Waals surface area contributed by atoms with Crippen molar-refractivity contribution in [3.8, 4) is 11.3 Å². The van der Waals surface area contributed by atoms with Gasteiger partial charge in [0.05, 0.1) is 5.69 Å². The summed E-state index contributed by atoms with van der Waals surface area (Å²) in [5.74, 6) is 1.02. The third-order valence-corrected chi connectivity index (χ3v) is 4.77. The highest BCUT2D eigenvalue weighted by Gasteiger charge is 2.26. The molecule has 0 saturated heterocycles. The lowest BCUT2D eigenvalue weighted by atomic mass is 10.0. The smallest absolute Gasteiger partial charge is 0.134 e. The maximum absolute atomic E-state index is 5.86. The Kier molecular flexibility index (Phi) is 2.18. The van der Waals surface area contributed by atoms with Crippen LogP contribution in [0.25, 0.3) is 22.2 Å². The van der Waals surface area contributed by atoms with Crippen LogP contribution in [0.1, 0.15) is 33.6 Å². The van der Waals surface area contributed by atoms with E-state index in [1.54, 1.807) is 0 Å². The lowest BCUT2D eigenvalue weighted by Gasteiger charge is -2.05. The van der Waals surface area contributed by atoms with Gasteiger partial charge in [-0.1, -0.05) is 0 Å². The topological polar surface area (TPSA) is 26.0 Å². The molecule has 1 aliphatic carbocycles. The van der Waals surface area contributed by atoms with Crippen molar-refractivity contribution in [1.82, 2.24) is 4.98 Å². The van der Waals surface area contributed by atoms with Crippen LogP contribution in [-0.2, 0) is 6.42 Å². The van der Waals surface area contributed by atoms with Crippen molar-refractivity contribution in [3.63, 3.8) is 0 Å². The van der Waals surface area contributed by atoms with Crippen LogP contribution < -0.4 is 0 Å². The summed E-state index contributed by atoms with van der Waals surface area (Å²) in [7, 11) is 0. The molecule has 4 rings (SSSR count).